The van der Waals surface area contributed by atoms with Crippen molar-refractivity contribution < 1.29 is 9.47 Å². The maximum absolute atomic E-state index is 6.02. The summed E-state index contributed by atoms with van der Waals surface area (Å²) >= 11 is 0. The van der Waals surface area contributed by atoms with E-state index < -0.39 is 0 Å². The average Bonchev–Trinajstić information content (AvgIpc) is 2.64. The molecule has 0 saturated heterocycles. The van der Waals surface area contributed by atoms with Gasteiger partial charge in [-0.2, -0.15) is 0 Å². The normalized spacial score (nSPS) is 38.6. The highest BCUT2D eigenvalue weighted by atomic mass is 16.5. The molecule has 0 bridgehead atoms. The van der Waals surface area contributed by atoms with Crippen LogP contribution in [0.3, 0.4) is 0 Å². The minimum absolute atomic E-state index is 0.264. The Hall–Kier alpha value is -0.120. The molecule has 0 spiro atoms. The predicted molar refractivity (Wildman–Crippen MR) is 55.4 cm³/mol. The van der Waals surface area contributed by atoms with Gasteiger partial charge in [0.2, 0.25) is 0 Å². The lowest BCUT2D eigenvalue weighted by atomic mass is 9.85. The van der Waals surface area contributed by atoms with Gasteiger partial charge in [-0.3, -0.25) is 0 Å². The fourth-order valence-corrected chi connectivity index (χ4v) is 2.58. The average molecular weight is 199 g/mol. The molecule has 3 atom stereocenters. The Bertz CT molecular complexity index is 180. The second-order valence-electron chi connectivity index (χ2n) is 4.41. The molecule has 0 radical (unpaired) electrons. The first-order valence-electron chi connectivity index (χ1n) is 5.70. The first-order chi connectivity index (χ1) is 6.85. The molecule has 0 amide bonds. The molecule has 3 unspecified atom stereocenters. The number of hydrogen-bond acceptors (Lipinski definition) is 3. The molecule has 3 nitrogen and oxygen atoms in total. The van der Waals surface area contributed by atoms with Crippen LogP contribution in [0.1, 0.15) is 32.1 Å². The summed E-state index contributed by atoms with van der Waals surface area (Å²) in [7, 11) is 3.77. The topological polar surface area (TPSA) is 30.5 Å². The van der Waals surface area contributed by atoms with Gasteiger partial charge in [0, 0.05) is 13.2 Å². The molecule has 0 heterocycles. The number of methoxy groups -OCH3 is 1. The van der Waals surface area contributed by atoms with Crippen LogP contribution in [-0.2, 0) is 9.47 Å². The Kier molecular flexibility index (Phi) is 3.42. The first kappa shape index (κ1) is 10.4. The van der Waals surface area contributed by atoms with Gasteiger partial charge in [0.05, 0.1) is 18.3 Å². The van der Waals surface area contributed by atoms with E-state index in [-0.39, 0.29) is 6.10 Å². The zero-order valence-corrected chi connectivity index (χ0v) is 9.16. The van der Waals surface area contributed by atoms with Crippen molar-refractivity contribution in [2.75, 3.05) is 14.2 Å². The molecule has 14 heavy (non-hydrogen) atoms. The van der Waals surface area contributed by atoms with E-state index >= 15 is 0 Å². The maximum Gasteiger partial charge on any atom is 0.0986 e. The molecule has 0 aromatic carbocycles. The van der Waals surface area contributed by atoms with E-state index in [1.165, 1.54) is 25.7 Å². The van der Waals surface area contributed by atoms with Crippen LogP contribution in [0.2, 0.25) is 0 Å². The number of nitrogens with one attached hydrogen (secondary N) is 1. The summed E-state index contributed by atoms with van der Waals surface area (Å²) in [6, 6.07) is 0.492. The van der Waals surface area contributed by atoms with Crippen LogP contribution in [0, 0.1) is 0 Å². The van der Waals surface area contributed by atoms with E-state index in [1.807, 2.05) is 7.05 Å². The van der Waals surface area contributed by atoms with Gasteiger partial charge in [0.1, 0.15) is 0 Å². The third-order valence-corrected chi connectivity index (χ3v) is 3.56. The summed E-state index contributed by atoms with van der Waals surface area (Å²) in [5.41, 5.74) is 0. The van der Waals surface area contributed by atoms with Gasteiger partial charge in [-0.05, 0) is 26.3 Å². The lowest BCUT2D eigenvalue weighted by Crippen LogP contribution is -2.59. The quantitative estimate of drug-likeness (QED) is 0.740. The van der Waals surface area contributed by atoms with Gasteiger partial charge in [-0.25, -0.2) is 0 Å². The summed E-state index contributed by atoms with van der Waals surface area (Å²) in [6.45, 7) is 0. The highest BCUT2D eigenvalue weighted by molar-refractivity contribution is 4.97. The van der Waals surface area contributed by atoms with E-state index in [9.17, 15) is 0 Å². The number of likely N-dealkylation sites (N-methyl/N-ethyl adjacent to an activating group) is 1. The van der Waals surface area contributed by atoms with Crippen molar-refractivity contribution in [1.82, 2.24) is 5.32 Å². The van der Waals surface area contributed by atoms with E-state index in [0.29, 0.717) is 18.2 Å². The lowest BCUT2D eigenvalue weighted by Gasteiger charge is -2.44. The Morgan fingerprint density at radius 2 is 1.93 bits per heavy atom. The second kappa shape index (κ2) is 4.60. The van der Waals surface area contributed by atoms with Crippen LogP contribution in [0.25, 0.3) is 0 Å². The van der Waals surface area contributed by atoms with E-state index in [2.05, 4.69) is 5.32 Å². The minimum atomic E-state index is 0.264. The number of rotatable bonds is 4. The first-order valence-corrected chi connectivity index (χ1v) is 5.70. The molecule has 0 aromatic rings. The van der Waals surface area contributed by atoms with E-state index in [0.717, 1.165) is 6.42 Å². The van der Waals surface area contributed by atoms with Crippen molar-refractivity contribution in [2.45, 2.75) is 56.5 Å². The van der Waals surface area contributed by atoms with Crippen LogP contribution >= 0.6 is 0 Å². The second-order valence-corrected chi connectivity index (χ2v) is 4.41. The van der Waals surface area contributed by atoms with Gasteiger partial charge in [0.15, 0.2) is 0 Å². The van der Waals surface area contributed by atoms with Gasteiger partial charge >= 0.3 is 0 Å². The fourth-order valence-electron chi connectivity index (χ4n) is 2.58. The maximum atomic E-state index is 6.02. The summed E-state index contributed by atoms with van der Waals surface area (Å²) < 4.78 is 11.4. The molecule has 2 aliphatic carbocycles. The van der Waals surface area contributed by atoms with Crippen molar-refractivity contribution >= 4 is 0 Å². The molecule has 2 aliphatic rings. The van der Waals surface area contributed by atoms with Crippen molar-refractivity contribution in [2.24, 2.45) is 0 Å². The molecule has 0 aromatic heterocycles. The third kappa shape index (κ3) is 1.95. The predicted octanol–water partition coefficient (Wildman–Crippen LogP) is 1.32. The highest BCUT2D eigenvalue weighted by Crippen LogP contribution is 2.31. The zero-order chi connectivity index (χ0) is 9.97. The lowest BCUT2D eigenvalue weighted by molar-refractivity contribution is -0.154. The summed E-state index contributed by atoms with van der Waals surface area (Å²) in [5.74, 6) is 0. The van der Waals surface area contributed by atoms with E-state index in [4.69, 9.17) is 9.47 Å². The molecule has 1 N–H and O–H groups in total. The summed E-state index contributed by atoms with van der Waals surface area (Å²) in [5, 5.41) is 3.25. The largest absolute Gasteiger partial charge is 0.377 e. The third-order valence-electron chi connectivity index (χ3n) is 3.56. The smallest absolute Gasteiger partial charge is 0.0986 e. The van der Waals surface area contributed by atoms with Gasteiger partial charge in [-0.1, -0.05) is 12.8 Å². The highest BCUT2D eigenvalue weighted by Gasteiger charge is 2.42. The molecule has 0 aliphatic heterocycles. The molecule has 2 fully saturated rings. The SMILES string of the molecule is CNC1CC(OC2CCCC2)C1OC. The van der Waals surface area contributed by atoms with Crippen molar-refractivity contribution in [3.05, 3.63) is 0 Å². The summed E-state index contributed by atoms with van der Waals surface area (Å²) in [4.78, 5) is 0. The Balaban J connectivity index is 1.76. The van der Waals surface area contributed by atoms with Crippen LogP contribution in [0.15, 0.2) is 0 Å². The van der Waals surface area contributed by atoms with Crippen LogP contribution < -0.4 is 5.32 Å². The standard InChI is InChI=1S/C11H21NO2/c1-12-9-7-10(11(9)13-2)14-8-5-3-4-6-8/h8-12H,3-7H2,1-2H3. The van der Waals surface area contributed by atoms with Crippen molar-refractivity contribution in [3.8, 4) is 0 Å². The van der Waals surface area contributed by atoms with Gasteiger partial charge < -0.3 is 14.8 Å². The fraction of sp³-hybridized carbons (Fsp3) is 1.00. The number of ether oxygens (including phenoxy) is 2. The number of hydrogen-bond donors (Lipinski definition) is 1. The van der Waals surface area contributed by atoms with Crippen LogP contribution in [0.5, 0.6) is 0 Å². The van der Waals surface area contributed by atoms with Gasteiger partial charge in [-0.15, -0.1) is 0 Å². The summed E-state index contributed by atoms with van der Waals surface area (Å²) in [6.07, 6.45) is 7.38. The van der Waals surface area contributed by atoms with E-state index in [1.54, 1.807) is 7.11 Å². The zero-order valence-electron chi connectivity index (χ0n) is 9.16. The van der Waals surface area contributed by atoms with Crippen molar-refractivity contribution in [3.63, 3.8) is 0 Å². The Labute approximate surface area is 86.2 Å². The van der Waals surface area contributed by atoms with Crippen LogP contribution in [-0.4, -0.2) is 38.5 Å². The van der Waals surface area contributed by atoms with Gasteiger partial charge in [0.25, 0.3) is 0 Å². The molecular weight excluding hydrogens is 178 g/mol. The monoisotopic (exact) mass is 199 g/mol. The molecule has 2 rings (SSSR count). The molecular formula is C11H21NO2. The molecule has 3 heteroatoms. The Morgan fingerprint density at radius 1 is 1.21 bits per heavy atom. The Morgan fingerprint density at radius 3 is 2.50 bits per heavy atom. The molecule has 2 saturated carbocycles. The van der Waals surface area contributed by atoms with Crippen molar-refractivity contribution in [1.29, 1.82) is 0 Å². The minimum Gasteiger partial charge on any atom is -0.377 e. The molecule has 82 valence electrons. The van der Waals surface area contributed by atoms with Crippen LogP contribution in [0.4, 0.5) is 0 Å².